The fraction of sp³-hybridized carbons (Fsp3) is 0.125. The normalized spacial score (nSPS) is 10.5. The number of hydrogen-bond donors (Lipinski definition) is 0. The number of halogens is 1. The van der Waals surface area contributed by atoms with Crippen LogP contribution in [-0.2, 0) is 6.54 Å². The fourth-order valence-electron chi connectivity index (χ4n) is 2.24. The number of benzene rings is 2. The molecule has 0 aliphatic heterocycles. The summed E-state index contributed by atoms with van der Waals surface area (Å²) in [6.07, 6.45) is 1.45. The zero-order chi connectivity index (χ0) is 16.2. The Kier molecular flexibility index (Phi) is 4.09. The summed E-state index contributed by atoms with van der Waals surface area (Å²) < 4.78 is 15.2. The minimum atomic E-state index is -0.324. The lowest BCUT2D eigenvalue weighted by Gasteiger charge is -2.18. The van der Waals surface area contributed by atoms with E-state index in [0.717, 1.165) is 0 Å². The molecule has 0 unspecified atom stereocenters. The number of tetrazole rings is 1. The van der Waals surface area contributed by atoms with E-state index in [1.807, 2.05) is 0 Å². The van der Waals surface area contributed by atoms with Gasteiger partial charge in [-0.25, -0.2) is 9.07 Å². The van der Waals surface area contributed by atoms with E-state index in [-0.39, 0.29) is 18.3 Å². The second-order valence-corrected chi connectivity index (χ2v) is 5.06. The number of aromatic nitrogens is 4. The molecule has 0 bridgehead atoms. The van der Waals surface area contributed by atoms with Crippen molar-refractivity contribution in [1.82, 2.24) is 25.1 Å². The highest BCUT2D eigenvalue weighted by Crippen LogP contribution is 2.14. The lowest BCUT2D eigenvalue weighted by molar-refractivity contribution is 0.0784. The number of carbonyl (C=O) groups is 1. The second kappa shape index (κ2) is 6.35. The van der Waals surface area contributed by atoms with Gasteiger partial charge in [0.05, 0.1) is 5.69 Å². The van der Waals surface area contributed by atoms with Gasteiger partial charge in [-0.1, -0.05) is 24.3 Å². The fourth-order valence-corrected chi connectivity index (χ4v) is 2.24. The van der Waals surface area contributed by atoms with Gasteiger partial charge in [-0.05, 0) is 34.7 Å². The van der Waals surface area contributed by atoms with Crippen molar-refractivity contribution in [3.05, 3.63) is 71.8 Å². The van der Waals surface area contributed by atoms with Crippen LogP contribution < -0.4 is 0 Å². The minimum Gasteiger partial charge on any atom is -0.337 e. The summed E-state index contributed by atoms with van der Waals surface area (Å²) in [6.45, 7) is 0.195. The van der Waals surface area contributed by atoms with Crippen molar-refractivity contribution in [2.45, 2.75) is 6.54 Å². The van der Waals surface area contributed by atoms with E-state index >= 15 is 0 Å². The Morgan fingerprint density at radius 3 is 2.78 bits per heavy atom. The molecule has 1 heterocycles. The van der Waals surface area contributed by atoms with Gasteiger partial charge in [-0.3, -0.25) is 4.79 Å². The van der Waals surface area contributed by atoms with E-state index in [4.69, 9.17) is 0 Å². The van der Waals surface area contributed by atoms with Crippen LogP contribution in [0.4, 0.5) is 4.39 Å². The molecule has 0 radical (unpaired) electrons. The molecule has 23 heavy (non-hydrogen) atoms. The lowest BCUT2D eigenvalue weighted by atomic mass is 10.1. The van der Waals surface area contributed by atoms with Gasteiger partial charge in [0.15, 0.2) is 0 Å². The number of nitrogens with zero attached hydrogens (tertiary/aromatic N) is 5. The summed E-state index contributed by atoms with van der Waals surface area (Å²) in [6, 6.07) is 13.4. The largest absolute Gasteiger partial charge is 0.337 e. The quantitative estimate of drug-likeness (QED) is 0.740. The molecule has 1 amide bonds. The molecule has 1 aromatic heterocycles. The summed E-state index contributed by atoms with van der Waals surface area (Å²) in [5, 5.41) is 10.9. The van der Waals surface area contributed by atoms with Gasteiger partial charge in [-0.2, -0.15) is 0 Å². The van der Waals surface area contributed by atoms with Crippen molar-refractivity contribution in [2.24, 2.45) is 0 Å². The third-order valence-electron chi connectivity index (χ3n) is 3.42. The van der Waals surface area contributed by atoms with Crippen LogP contribution in [0, 0.1) is 5.82 Å². The Morgan fingerprint density at radius 2 is 2.04 bits per heavy atom. The molecule has 7 heteroatoms. The molecule has 3 rings (SSSR count). The predicted octanol–water partition coefficient (Wildman–Crippen LogP) is 2.07. The van der Waals surface area contributed by atoms with Crippen molar-refractivity contribution < 1.29 is 9.18 Å². The molecule has 6 nitrogen and oxygen atoms in total. The first-order valence-corrected chi connectivity index (χ1v) is 6.97. The SMILES string of the molecule is CN(Cc1ccccc1F)C(=O)c1cccc(-n2cnnn2)c1. The monoisotopic (exact) mass is 311 g/mol. The highest BCUT2D eigenvalue weighted by molar-refractivity contribution is 5.94. The second-order valence-electron chi connectivity index (χ2n) is 5.06. The van der Waals surface area contributed by atoms with Gasteiger partial charge in [0.2, 0.25) is 0 Å². The number of rotatable bonds is 4. The van der Waals surface area contributed by atoms with Crippen LogP contribution in [0.2, 0.25) is 0 Å². The van der Waals surface area contributed by atoms with Gasteiger partial charge in [-0.15, -0.1) is 5.10 Å². The Balaban J connectivity index is 1.80. The van der Waals surface area contributed by atoms with Crippen molar-refractivity contribution in [3.8, 4) is 5.69 Å². The van der Waals surface area contributed by atoms with Crippen LogP contribution in [0.5, 0.6) is 0 Å². The molecular formula is C16H14FN5O. The number of hydrogen-bond acceptors (Lipinski definition) is 4. The maximum Gasteiger partial charge on any atom is 0.253 e. The Bertz CT molecular complexity index is 819. The van der Waals surface area contributed by atoms with Gasteiger partial charge in [0.25, 0.3) is 5.91 Å². The third-order valence-corrected chi connectivity index (χ3v) is 3.42. The molecule has 0 spiro atoms. The van der Waals surface area contributed by atoms with E-state index < -0.39 is 0 Å². The van der Waals surface area contributed by atoms with Gasteiger partial charge < -0.3 is 4.90 Å². The zero-order valence-corrected chi connectivity index (χ0v) is 12.4. The first-order valence-electron chi connectivity index (χ1n) is 6.97. The molecule has 0 aliphatic rings. The third kappa shape index (κ3) is 3.23. The van der Waals surface area contributed by atoms with Gasteiger partial charge in [0.1, 0.15) is 12.1 Å². The van der Waals surface area contributed by atoms with Crippen LogP contribution in [0.15, 0.2) is 54.9 Å². The average molecular weight is 311 g/mol. The molecule has 0 N–H and O–H groups in total. The van der Waals surface area contributed by atoms with E-state index in [9.17, 15) is 9.18 Å². The van der Waals surface area contributed by atoms with E-state index in [2.05, 4.69) is 15.5 Å². The van der Waals surface area contributed by atoms with Crippen LogP contribution in [-0.4, -0.2) is 38.1 Å². The van der Waals surface area contributed by atoms with E-state index in [1.165, 1.54) is 22.0 Å². The molecule has 0 fully saturated rings. The zero-order valence-electron chi connectivity index (χ0n) is 12.4. The maximum atomic E-state index is 13.7. The maximum absolute atomic E-state index is 13.7. The Labute approximate surface area is 132 Å². The molecule has 0 aliphatic carbocycles. The summed E-state index contributed by atoms with van der Waals surface area (Å²) in [5.74, 6) is -0.530. The molecule has 2 aromatic carbocycles. The lowest BCUT2D eigenvalue weighted by Crippen LogP contribution is -2.26. The molecule has 116 valence electrons. The highest BCUT2D eigenvalue weighted by Gasteiger charge is 2.14. The van der Waals surface area contributed by atoms with E-state index in [0.29, 0.717) is 16.8 Å². The van der Waals surface area contributed by atoms with E-state index in [1.54, 1.807) is 49.5 Å². The number of carbonyl (C=O) groups excluding carboxylic acids is 1. The average Bonchev–Trinajstić information content (AvgIpc) is 3.11. The van der Waals surface area contributed by atoms with Gasteiger partial charge in [0, 0.05) is 24.7 Å². The van der Waals surface area contributed by atoms with Crippen molar-refractivity contribution >= 4 is 5.91 Å². The smallest absolute Gasteiger partial charge is 0.253 e. The Hall–Kier alpha value is -3.09. The predicted molar refractivity (Wildman–Crippen MR) is 81.4 cm³/mol. The molecular weight excluding hydrogens is 297 g/mol. The summed E-state index contributed by atoms with van der Waals surface area (Å²) in [4.78, 5) is 14.0. The van der Waals surface area contributed by atoms with Crippen LogP contribution in [0.3, 0.4) is 0 Å². The van der Waals surface area contributed by atoms with Gasteiger partial charge >= 0.3 is 0 Å². The molecule has 0 saturated carbocycles. The van der Waals surface area contributed by atoms with Crippen LogP contribution in [0.25, 0.3) is 5.69 Å². The summed E-state index contributed by atoms with van der Waals surface area (Å²) in [7, 11) is 1.64. The number of amides is 1. The van der Waals surface area contributed by atoms with Crippen molar-refractivity contribution in [2.75, 3.05) is 7.05 Å². The standard InChI is InChI=1S/C16H14FN5O/c1-21(10-13-5-2-3-8-15(13)17)16(23)12-6-4-7-14(9-12)22-11-18-19-20-22/h2-9,11H,10H2,1H3. The molecule has 0 atom stereocenters. The van der Waals surface area contributed by atoms with Crippen LogP contribution in [0.1, 0.15) is 15.9 Å². The topological polar surface area (TPSA) is 63.9 Å². The first kappa shape index (κ1) is 14.8. The first-order chi connectivity index (χ1) is 11.1. The highest BCUT2D eigenvalue weighted by atomic mass is 19.1. The molecule has 0 saturated heterocycles. The van der Waals surface area contributed by atoms with Crippen LogP contribution >= 0.6 is 0 Å². The van der Waals surface area contributed by atoms with Crippen molar-refractivity contribution in [3.63, 3.8) is 0 Å². The Morgan fingerprint density at radius 1 is 1.22 bits per heavy atom. The summed E-state index contributed by atoms with van der Waals surface area (Å²) >= 11 is 0. The molecule has 3 aromatic rings. The minimum absolute atomic E-state index is 0.195. The van der Waals surface area contributed by atoms with Crippen molar-refractivity contribution in [1.29, 1.82) is 0 Å². The summed E-state index contributed by atoms with van der Waals surface area (Å²) in [5.41, 5.74) is 1.64.